The van der Waals surface area contributed by atoms with E-state index < -0.39 is 35.2 Å². The van der Waals surface area contributed by atoms with Gasteiger partial charge in [-0.25, -0.2) is 13.8 Å². The van der Waals surface area contributed by atoms with Gasteiger partial charge in [-0.3, -0.25) is 4.79 Å². The number of anilines is 1. The first kappa shape index (κ1) is 10.3. The van der Waals surface area contributed by atoms with Gasteiger partial charge in [0.1, 0.15) is 11.4 Å². The number of nitrogen functional groups attached to an aromatic ring is 1. The molecule has 76 valence electrons. The number of rotatable bonds is 2. The van der Waals surface area contributed by atoms with Gasteiger partial charge in [0, 0.05) is 5.56 Å². The number of carbonyl (C=O) groups is 1. The van der Waals surface area contributed by atoms with Crippen LogP contribution >= 0.6 is 0 Å². The molecule has 0 saturated carbocycles. The summed E-state index contributed by atoms with van der Waals surface area (Å²) < 4.78 is 37.5. The largest absolute Gasteiger partial charge is 0.384 e. The van der Waals surface area contributed by atoms with Crippen LogP contribution < -0.4 is 11.5 Å². The first-order valence-electron chi connectivity index (χ1n) is 3.47. The van der Waals surface area contributed by atoms with Crippen molar-refractivity contribution in [3.63, 3.8) is 0 Å². The molecule has 14 heavy (non-hydrogen) atoms. The Morgan fingerprint density at radius 2 is 2.07 bits per heavy atom. The van der Waals surface area contributed by atoms with E-state index in [-0.39, 0.29) is 0 Å². The first-order valence-corrected chi connectivity index (χ1v) is 3.47. The number of nitrogens with zero attached hydrogens (tertiary/aromatic N) is 1. The Labute approximate surface area is 76.7 Å². The highest BCUT2D eigenvalue weighted by molar-refractivity contribution is 5.94. The lowest BCUT2D eigenvalue weighted by molar-refractivity contribution is 0.0980. The minimum Gasteiger partial charge on any atom is -0.384 e. The van der Waals surface area contributed by atoms with Crippen molar-refractivity contribution in [1.82, 2.24) is 4.98 Å². The molecule has 4 nitrogen and oxygen atoms in total. The monoisotopic (exact) mass is 205 g/mol. The maximum atomic E-state index is 12.9. The molecule has 0 bridgehead atoms. The number of alkyl halides is 2. The Hall–Kier alpha value is -1.79. The number of hydrogen-bond donors (Lipinski definition) is 2. The SMILES string of the molecule is NC(=O)c1c(C(F)F)cc(N)nc1F. The highest BCUT2D eigenvalue weighted by Crippen LogP contribution is 2.25. The Morgan fingerprint density at radius 3 is 2.50 bits per heavy atom. The van der Waals surface area contributed by atoms with Crippen molar-refractivity contribution in [2.24, 2.45) is 5.73 Å². The molecule has 0 aliphatic rings. The summed E-state index contributed by atoms with van der Waals surface area (Å²) in [4.78, 5) is 13.6. The minimum atomic E-state index is -3.03. The molecular formula is C7H6F3N3O. The van der Waals surface area contributed by atoms with Gasteiger partial charge in [0.15, 0.2) is 0 Å². The predicted molar refractivity (Wildman–Crippen MR) is 42.1 cm³/mol. The summed E-state index contributed by atoms with van der Waals surface area (Å²) in [7, 11) is 0. The maximum Gasteiger partial charge on any atom is 0.264 e. The number of nitrogens with two attached hydrogens (primary N) is 2. The molecule has 0 unspecified atom stereocenters. The van der Waals surface area contributed by atoms with Crippen LogP contribution in [0.1, 0.15) is 22.3 Å². The molecule has 1 heterocycles. The second-order valence-corrected chi connectivity index (χ2v) is 2.47. The van der Waals surface area contributed by atoms with Crippen LogP contribution in [-0.4, -0.2) is 10.9 Å². The molecule has 1 aromatic heterocycles. The average Bonchev–Trinajstić information content (AvgIpc) is 2.01. The molecule has 7 heteroatoms. The minimum absolute atomic E-state index is 0.428. The number of halogens is 3. The molecule has 0 spiro atoms. The third kappa shape index (κ3) is 1.76. The molecule has 0 aromatic carbocycles. The zero-order valence-corrected chi connectivity index (χ0v) is 6.80. The van der Waals surface area contributed by atoms with Crippen molar-refractivity contribution in [1.29, 1.82) is 0 Å². The van der Waals surface area contributed by atoms with Crippen molar-refractivity contribution >= 4 is 11.7 Å². The van der Waals surface area contributed by atoms with Gasteiger partial charge >= 0.3 is 0 Å². The fourth-order valence-corrected chi connectivity index (χ4v) is 0.968. The van der Waals surface area contributed by atoms with Gasteiger partial charge in [-0.2, -0.15) is 4.39 Å². The van der Waals surface area contributed by atoms with Crippen LogP contribution in [0.3, 0.4) is 0 Å². The fourth-order valence-electron chi connectivity index (χ4n) is 0.968. The number of amides is 1. The van der Waals surface area contributed by atoms with Crippen molar-refractivity contribution < 1.29 is 18.0 Å². The quantitative estimate of drug-likeness (QED) is 0.702. The van der Waals surface area contributed by atoms with E-state index in [2.05, 4.69) is 4.98 Å². The average molecular weight is 205 g/mol. The zero-order chi connectivity index (χ0) is 10.9. The summed E-state index contributed by atoms with van der Waals surface area (Å²) in [6.07, 6.45) is -3.03. The lowest BCUT2D eigenvalue weighted by Gasteiger charge is -2.06. The molecule has 1 aromatic rings. The van der Waals surface area contributed by atoms with Crippen LogP contribution in [0.25, 0.3) is 0 Å². The van der Waals surface area contributed by atoms with E-state index in [0.717, 1.165) is 0 Å². The van der Waals surface area contributed by atoms with E-state index in [1.54, 1.807) is 0 Å². The molecule has 0 aliphatic carbocycles. The van der Waals surface area contributed by atoms with E-state index in [1.807, 2.05) is 0 Å². The van der Waals surface area contributed by atoms with Gasteiger partial charge in [0.25, 0.3) is 12.3 Å². The zero-order valence-electron chi connectivity index (χ0n) is 6.80. The number of pyridine rings is 1. The third-order valence-electron chi connectivity index (χ3n) is 1.51. The Kier molecular flexibility index (Phi) is 2.59. The van der Waals surface area contributed by atoms with Crippen molar-refractivity contribution in [3.8, 4) is 0 Å². The summed E-state index contributed by atoms with van der Waals surface area (Å²) in [5, 5.41) is 0. The van der Waals surface area contributed by atoms with Gasteiger partial charge in [-0.15, -0.1) is 0 Å². The molecule has 4 N–H and O–H groups in total. The normalized spacial score (nSPS) is 10.6. The smallest absolute Gasteiger partial charge is 0.264 e. The molecule has 0 atom stereocenters. The van der Waals surface area contributed by atoms with Crippen LogP contribution in [0.4, 0.5) is 19.0 Å². The lowest BCUT2D eigenvalue weighted by atomic mass is 10.1. The van der Waals surface area contributed by atoms with E-state index in [0.29, 0.717) is 6.07 Å². The van der Waals surface area contributed by atoms with Crippen molar-refractivity contribution in [2.45, 2.75) is 6.43 Å². The van der Waals surface area contributed by atoms with Crippen LogP contribution in [0.2, 0.25) is 0 Å². The molecular weight excluding hydrogens is 199 g/mol. The van der Waals surface area contributed by atoms with E-state index in [9.17, 15) is 18.0 Å². The molecule has 1 rings (SSSR count). The van der Waals surface area contributed by atoms with Crippen LogP contribution in [0.5, 0.6) is 0 Å². The van der Waals surface area contributed by atoms with Gasteiger partial charge in [-0.1, -0.05) is 0 Å². The molecule has 0 aliphatic heterocycles. The summed E-state index contributed by atoms with van der Waals surface area (Å²) in [6.45, 7) is 0. The Balaban J connectivity index is 3.44. The Morgan fingerprint density at radius 1 is 1.50 bits per heavy atom. The summed E-state index contributed by atoms with van der Waals surface area (Å²) in [6, 6.07) is 0.716. The summed E-state index contributed by atoms with van der Waals surface area (Å²) in [5.74, 6) is -3.11. The second kappa shape index (κ2) is 3.52. The number of carbonyl (C=O) groups excluding carboxylic acids is 1. The maximum absolute atomic E-state index is 12.9. The lowest BCUT2D eigenvalue weighted by Crippen LogP contribution is -2.18. The van der Waals surface area contributed by atoms with E-state index in [4.69, 9.17) is 11.5 Å². The van der Waals surface area contributed by atoms with Crippen LogP contribution in [-0.2, 0) is 0 Å². The van der Waals surface area contributed by atoms with Gasteiger partial charge < -0.3 is 11.5 Å². The standard InChI is InChI=1S/C7H6F3N3O/c8-5(9)2-1-3(11)13-6(10)4(2)7(12)14/h1,5H,(H2,11,13)(H2,12,14). The highest BCUT2D eigenvalue weighted by Gasteiger charge is 2.22. The van der Waals surface area contributed by atoms with Gasteiger partial charge in [0.2, 0.25) is 5.95 Å². The number of aromatic nitrogens is 1. The topological polar surface area (TPSA) is 82.0 Å². The van der Waals surface area contributed by atoms with E-state index >= 15 is 0 Å². The van der Waals surface area contributed by atoms with Crippen molar-refractivity contribution in [2.75, 3.05) is 5.73 Å². The number of hydrogen-bond acceptors (Lipinski definition) is 3. The second-order valence-electron chi connectivity index (χ2n) is 2.47. The fraction of sp³-hybridized carbons (Fsp3) is 0.143. The van der Waals surface area contributed by atoms with Crippen molar-refractivity contribution in [3.05, 3.63) is 23.1 Å². The van der Waals surface area contributed by atoms with Gasteiger partial charge in [0.05, 0.1) is 0 Å². The van der Waals surface area contributed by atoms with Crippen LogP contribution in [0.15, 0.2) is 6.07 Å². The third-order valence-corrected chi connectivity index (χ3v) is 1.51. The summed E-state index contributed by atoms with van der Waals surface area (Å²) in [5.41, 5.74) is 7.97. The number of primary amides is 1. The molecule has 0 fully saturated rings. The predicted octanol–water partition coefficient (Wildman–Crippen LogP) is 0.839. The highest BCUT2D eigenvalue weighted by atomic mass is 19.3. The molecule has 0 saturated heterocycles. The van der Waals surface area contributed by atoms with Crippen LogP contribution in [0, 0.1) is 5.95 Å². The molecule has 0 radical (unpaired) electrons. The van der Waals surface area contributed by atoms with Gasteiger partial charge in [-0.05, 0) is 6.07 Å². The summed E-state index contributed by atoms with van der Waals surface area (Å²) >= 11 is 0. The molecule has 1 amide bonds. The first-order chi connectivity index (χ1) is 6.43. The Bertz CT molecular complexity index is 381. The van der Waals surface area contributed by atoms with E-state index in [1.165, 1.54) is 0 Å².